The Kier molecular flexibility index (Phi) is 48.9. The first kappa shape index (κ1) is 16.0. The van der Waals surface area contributed by atoms with E-state index in [1.54, 1.807) is 0 Å². The molecule has 0 aromatic rings. The molecule has 0 saturated carbocycles. The minimum atomic E-state index is -1.34. The molecule has 2 radical (unpaired) electrons. The van der Waals surface area contributed by atoms with Crippen molar-refractivity contribution in [3.05, 3.63) is 6.57 Å². The Morgan fingerprint density at radius 3 is 1.38 bits per heavy atom. The first-order valence-corrected chi connectivity index (χ1v) is 5.06. The summed E-state index contributed by atoms with van der Waals surface area (Å²) in [5.74, 6) is 0. The number of nitriles is 2. The van der Waals surface area contributed by atoms with Crippen molar-refractivity contribution in [2.24, 2.45) is 0 Å². The second-order valence-corrected chi connectivity index (χ2v) is 3.06. The van der Waals surface area contributed by atoms with Gasteiger partial charge in [0.2, 0.25) is 0 Å². The van der Waals surface area contributed by atoms with Crippen LogP contribution < -0.4 is 51.4 Å². The predicted octanol–water partition coefficient (Wildman–Crippen LogP) is -3.25. The van der Waals surface area contributed by atoms with Gasteiger partial charge in [0, 0.05) is 0 Å². The van der Waals surface area contributed by atoms with Gasteiger partial charge in [-0.15, -0.1) is 0 Å². The largest absolute Gasteiger partial charge is 1.00 e. The van der Waals surface area contributed by atoms with Crippen LogP contribution in [0.1, 0.15) is 0 Å². The van der Waals surface area contributed by atoms with E-state index in [0.717, 1.165) is 0 Å². The van der Waals surface area contributed by atoms with Crippen molar-refractivity contribution in [2.45, 2.75) is 0 Å². The van der Waals surface area contributed by atoms with Crippen LogP contribution in [0.5, 0.6) is 0 Å². The first-order valence-electron chi connectivity index (χ1n) is 1.17. The minimum Gasteiger partial charge on any atom is -0.512 e. The minimum absolute atomic E-state index is 0. The summed E-state index contributed by atoms with van der Waals surface area (Å²) in [6, 6.07) is 0. The van der Waals surface area contributed by atoms with E-state index in [-0.39, 0.29) is 51.4 Å². The van der Waals surface area contributed by atoms with Crippen LogP contribution in [0.4, 0.5) is 0 Å². The summed E-state index contributed by atoms with van der Waals surface area (Å²) >= 11 is -1.34. The summed E-state index contributed by atoms with van der Waals surface area (Å²) in [6.07, 6.45) is 0. The molecule has 5 heteroatoms. The first-order chi connectivity index (χ1) is 3.41. The molecule has 3 nitrogen and oxygen atoms in total. The summed E-state index contributed by atoms with van der Waals surface area (Å²) in [4.78, 5) is 0. The van der Waals surface area contributed by atoms with Crippen LogP contribution in [0.2, 0.25) is 0 Å². The van der Waals surface area contributed by atoms with Crippen LogP contribution in [0.25, 0.3) is 0 Å². The Hall–Kier alpha value is 1.03. The second-order valence-electron chi connectivity index (χ2n) is 0.349. The molecule has 0 heterocycles. The third-order valence-electron chi connectivity index (χ3n) is 0.112. The van der Waals surface area contributed by atoms with Crippen LogP contribution in [-0.2, 0) is 0 Å². The summed E-state index contributed by atoms with van der Waals surface area (Å²) in [7, 11) is 0. The zero-order chi connectivity index (χ0) is 6.12. The zero-order valence-electron chi connectivity index (χ0n) is 4.34. The van der Waals surface area contributed by atoms with Crippen molar-refractivity contribution >= 4 is 24.2 Å². The van der Waals surface area contributed by atoms with Gasteiger partial charge in [0.05, 0.1) is 0 Å². The molecule has 0 N–H and O–H groups in total. The van der Waals surface area contributed by atoms with E-state index in [4.69, 9.17) is 22.4 Å². The molecule has 8 heavy (non-hydrogen) atoms. The molecule has 0 saturated heterocycles. The summed E-state index contributed by atoms with van der Waals surface area (Å²) in [6.45, 7) is 4.75. The van der Waals surface area contributed by atoms with E-state index in [9.17, 15) is 0 Å². The van der Waals surface area contributed by atoms with Crippen molar-refractivity contribution in [1.82, 2.24) is 0 Å². The average Bonchev–Trinajstić information content (AvgIpc) is 1.75. The molecule has 0 aliphatic carbocycles. The molecule has 0 aromatic carbocycles. The molecule has 0 bridgehead atoms. The molecule has 0 amide bonds. The van der Waals surface area contributed by atoms with Crippen LogP contribution >= 0.6 is 0 Å². The van der Waals surface area contributed by atoms with E-state index < -0.39 is 24.2 Å². The molecule has 0 aliphatic heterocycles. The van der Waals surface area contributed by atoms with Crippen molar-refractivity contribution in [2.75, 3.05) is 0 Å². The topological polar surface area (TPSA) is 71.4 Å². The SMILES string of the molecule is N#[C][Pb][C]#N.[C-]#N.[K+]. The van der Waals surface area contributed by atoms with Crippen LogP contribution in [-0.4, -0.2) is 24.2 Å². The molecular formula is C3KN3Pb. The van der Waals surface area contributed by atoms with E-state index in [1.165, 1.54) is 0 Å². The van der Waals surface area contributed by atoms with Gasteiger partial charge in [0.25, 0.3) is 0 Å². The zero-order valence-corrected chi connectivity index (χ0v) is 11.4. The maximum absolute atomic E-state index is 7.68. The number of nitrogens with zero attached hydrogens (tertiary/aromatic N) is 3. The molecule has 0 fully saturated rings. The Morgan fingerprint density at radius 1 is 1.12 bits per heavy atom. The number of hydrogen-bond acceptors (Lipinski definition) is 3. The smallest absolute Gasteiger partial charge is 0.512 e. The molecule has 0 rings (SSSR count). The van der Waals surface area contributed by atoms with Crippen LogP contribution in [0, 0.1) is 29.6 Å². The molecule has 32 valence electrons. The van der Waals surface area contributed by atoms with Gasteiger partial charge >= 0.3 is 93.4 Å². The average molecular weight is 324 g/mol. The van der Waals surface area contributed by atoms with Gasteiger partial charge in [-0.05, 0) is 0 Å². The fourth-order valence-electron chi connectivity index (χ4n) is 0.0250. The van der Waals surface area contributed by atoms with E-state index in [2.05, 4.69) is 0 Å². The van der Waals surface area contributed by atoms with Gasteiger partial charge in [-0.2, -0.15) is 0 Å². The van der Waals surface area contributed by atoms with Gasteiger partial charge in [0.1, 0.15) is 0 Å². The summed E-state index contributed by atoms with van der Waals surface area (Å²) in [5.41, 5.74) is 0. The van der Waals surface area contributed by atoms with Gasteiger partial charge in [0.15, 0.2) is 0 Å². The van der Waals surface area contributed by atoms with Gasteiger partial charge in [-0.3, -0.25) is 0 Å². The molecule has 0 spiro atoms. The normalized spacial score (nSPS) is 3.00. The molecule has 0 atom stereocenters. The molecule has 0 aliphatic rings. The van der Waals surface area contributed by atoms with Gasteiger partial charge in [-0.1, -0.05) is 0 Å². The summed E-state index contributed by atoms with van der Waals surface area (Å²) < 4.78 is 3.70. The second kappa shape index (κ2) is 24.4. The third-order valence-corrected chi connectivity index (χ3v) is 0.981. The molecule has 0 aromatic heterocycles. The van der Waals surface area contributed by atoms with Gasteiger partial charge < -0.3 is 11.8 Å². The van der Waals surface area contributed by atoms with E-state index >= 15 is 0 Å². The fraction of sp³-hybridized carbons (Fsp3) is 0. The van der Waals surface area contributed by atoms with Crippen molar-refractivity contribution in [3.63, 3.8) is 0 Å². The van der Waals surface area contributed by atoms with Crippen molar-refractivity contribution in [3.8, 4) is 7.26 Å². The van der Waals surface area contributed by atoms with Crippen molar-refractivity contribution < 1.29 is 51.4 Å². The predicted molar refractivity (Wildman–Crippen MR) is 21.9 cm³/mol. The fourth-order valence-corrected chi connectivity index (χ4v) is 0.219. The standard InChI is InChI=1S/3CN.K.Pb/c3*1-2;;/q;;-1;+1;. The third kappa shape index (κ3) is 27.9. The van der Waals surface area contributed by atoms with Gasteiger partial charge in [-0.25, -0.2) is 0 Å². The Balaban J connectivity index is -0.0000000750. The Labute approximate surface area is 103 Å². The van der Waals surface area contributed by atoms with E-state index in [1.807, 2.05) is 7.26 Å². The number of hydrogen-bond donors (Lipinski definition) is 0. The molecular weight excluding hydrogens is 324 g/mol. The monoisotopic (exact) mass is 325 g/mol. The Morgan fingerprint density at radius 2 is 1.38 bits per heavy atom. The quantitative estimate of drug-likeness (QED) is 0.347. The summed E-state index contributed by atoms with van der Waals surface area (Å²) in [5, 5.41) is 21.6. The maximum Gasteiger partial charge on any atom is 1.00 e. The number of rotatable bonds is 0. The van der Waals surface area contributed by atoms with Crippen LogP contribution in [0.15, 0.2) is 0 Å². The Bertz CT molecular complexity index is 107. The van der Waals surface area contributed by atoms with E-state index in [0.29, 0.717) is 0 Å². The van der Waals surface area contributed by atoms with Crippen molar-refractivity contribution in [1.29, 1.82) is 15.8 Å². The van der Waals surface area contributed by atoms with Crippen LogP contribution in [0.3, 0.4) is 0 Å². The molecule has 0 unspecified atom stereocenters. The maximum atomic E-state index is 7.68.